The van der Waals surface area contributed by atoms with Crippen molar-refractivity contribution in [1.82, 2.24) is 4.90 Å². The van der Waals surface area contributed by atoms with E-state index >= 15 is 0 Å². The first kappa shape index (κ1) is 12.1. The van der Waals surface area contributed by atoms with E-state index < -0.39 is 0 Å². The molecule has 0 aromatic carbocycles. The maximum atomic E-state index is 11.4. The van der Waals surface area contributed by atoms with Gasteiger partial charge in [-0.25, -0.2) is 0 Å². The lowest BCUT2D eigenvalue weighted by atomic mass is 9.80. The van der Waals surface area contributed by atoms with E-state index in [1.807, 2.05) is 0 Å². The van der Waals surface area contributed by atoms with Gasteiger partial charge in [0.2, 0.25) is 0 Å². The number of hydrogen-bond donors (Lipinski definition) is 0. The van der Waals surface area contributed by atoms with Crippen LogP contribution in [0.4, 0.5) is 0 Å². The lowest BCUT2D eigenvalue weighted by Gasteiger charge is -2.40. The monoisotopic (exact) mass is 225 g/mol. The standard InChI is InChI=1S/C13H23NO2/c1-12(2)4-3-7-14(12)10-13(11-15)5-8-16-9-6-13/h11H,3-10H2,1-2H3. The third-order valence-corrected chi connectivity index (χ3v) is 4.32. The van der Waals surface area contributed by atoms with Gasteiger partial charge in [-0.3, -0.25) is 4.90 Å². The number of nitrogens with zero attached hydrogens (tertiary/aromatic N) is 1. The van der Waals surface area contributed by atoms with Crippen LogP contribution in [0.25, 0.3) is 0 Å². The van der Waals surface area contributed by atoms with Crippen molar-refractivity contribution in [1.29, 1.82) is 0 Å². The molecule has 3 nitrogen and oxygen atoms in total. The highest BCUT2D eigenvalue weighted by atomic mass is 16.5. The predicted octanol–water partition coefficient (Wildman–Crippen LogP) is 1.86. The fourth-order valence-electron chi connectivity index (χ4n) is 2.93. The Morgan fingerprint density at radius 3 is 2.44 bits per heavy atom. The van der Waals surface area contributed by atoms with Crippen LogP contribution in [0.5, 0.6) is 0 Å². The second-order valence-electron chi connectivity index (χ2n) is 5.93. The number of ether oxygens (including phenoxy) is 1. The van der Waals surface area contributed by atoms with E-state index in [2.05, 4.69) is 18.7 Å². The van der Waals surface area contributed by atoms with Crippen molar-refractivity contribution < 1.29 is 9.53 Å². The molecule has 3 heteroatoms. The second-order valence-corrected chi connectivity index (χ2v) is 5.93. The van der Waals surface area contributed by atoms with Gasteiger partial charge in [0.15, 0.2) is 0 Å². The van der Waals surface area contributed by atoms with Gasteiger partial charge in [0.1, 0.15) is 6.29 Å². The molecule has 2 rings (SSSR count). The minimum absolute atomic E-state index is 0.139. The Balaban J connectivity index is 2.03. The molecule has 0 amide bonds. The molecule has 92 valence electrons. The molecule has 2 aliphatic heterocycles. The SMILES string of the molecule is CC1(C)CCCN1CC1(C=O)CCOCC1. The minimum atomic E-state index is -0.139. The average molecular weight is 225 g/mol. The zero-order valence-electron chi connectivity index (χ0n) is 10.5. The number of likely N-dealkylation sites (tertiary alicyclic amines) is 1. The molecule has 2 heterocycles. The lowest BCUT2D eigenvalue weighted by molar-refractivity contribution is -0.123. The average Bonchev–Trinajstić information content (AvgIpc) is 2.60. The van der Waals surface area contributed by atoms with Crippen LogP contribution in [-0.2, 0) is 9.53 Å². The van der Waals surface area contributed by atoms with Crippen molar-refractivity contribution in [2.24, 2.45) is 5.41 Å². The van der Waals surface area contributed by atoms with Gasteiger partial charge in [-0.05, 0) is 46.1 Å². The number of aldehydes is 1. The molecule has 0 bridgehead atoms. The molecule has 0 spiro atoms. The fraction of sp³-hybridized carbons (Fsp3) is 0.923. The van der Waals surface area contributed by atoms with Crippen LogP contribution in [0, 0.1) is 5.41 Å². The highest BCUT2D eigenvalue weighted by Crippen LogP contribution is 2.35. The Hall–Kier alpha value is -0.410. The molecule has 2 aliphatic rings. The van der Waals surface area contributed by atoms with E-state index in [-0.39, 0.29) is 11.0 Å². The highest BCUT2D eigenvalue weighted by molar-refractivity contribution is 5.60. The van der Waals surface area contributed by atoms with Crippen molar-refractivity contribution in [2.45, 2.75) is 45.1 Å². The quantitative estimate of drug-likeness (QED) is 0.687. The van der Waals surface area contributed by atoms with Gasteiger partial charge in [0, 0.05) is 30.7 Å². The molecule has 0 N–H and O–H groups in total. The van der Waals surface area contributed by atoms with Gasteiger partial charge >= 0.3 is 0 Å². The molecule has 0 radical (unpaired) electrons. The molecule has 0 aromatic heterocycles. The fourth-order valence-corrected chi connectivity index (χ4v) is 2.93. The van der Waals surface area contributed by atoms with Crippen LogP contribution in [0.15, 0.2) is 0 Å². The maximum Gasteiger partial charge on any atom is 0.127 e. The maximum absolute atomic E-state index is 11.4. The van der Waals surface area contributed by atoms with Gasteiger partial charge in [-0.15, -0.1) is 0 Å². The third-order valence-electron chi connectivity index (χ3n) is 4.32. The molecule has 0 saturated carbocycles. The van der Waals surface area contributed by atoms with Crippen LogP contribution in [0.1, 0.15) is 39.5 Å². The molecule has 2 saturated heterocycles. The molecule has 0 atom stereocenters. The first-order valence-electron chi connectivity index (χ1n) is 6.37. The zero-order chi connectivity index (χ0) is 11.6. The summed E-state index contributed by atoms with van der Waals surface area (Å²) in [6.45, 7) is 8.13. The van der Waals surface area contributed by atoms with E-state index in [9.17, 15) is 4.79 Å². The molecule has 0 aliphatic carbocycles. The topological polar surface area (TPSA) is 29.5 Å². The Bertz CT molecular complexity index is 257. The van der Waals surface area contributed by atoms with Gasteiger partial charge < -0.3 is 9.53 Å². The molecular formula is C13H23NO2. The van der Waals surface area contributed by atoms with Crippen LogP contribution >= 0.6 is 0 Å². The van der Waals surface area contributed by atoms with Crippen molar-refractivity contribution in [3.05, 3.63) is 0 Å². The predicted molar refractivity (Wildman–Crippen MR) is 63.4 cm³/mol. The Labute approximate surface area is 98.1 Å². The lowest BCUT2D eigenvalue weighted by Crippen LogP contribution is -2.48. The van der Waals surface area contributed by atoms with Gasteiger partial charge in [0.25, 0.3) is 0 Å². The van der Waals surface area contributed by atoms with Crippen molar-refractivity contribution in [2.75, 3.05) is 26.3 Å². The summed E-state index contributed by atoms with van der Waals surface area (Å²) in [6, 6.07) is 0. The van der Waals surface area contributed by atoms with E-state index in [4.69, 9.17) is 4.74 Å². The Morgan fingerprint density at radius 2 is 1.94 bits per heavy atom. The molecule has 2 fully saturated rings. The largest absolute Gasteiger partial charge is 0.381 e. The van der Waals surface area contributed by atoms with Crippen LogP contribution in [-0.4, -0.2) is 43.0 Å². The summed E-state index contributed by atoms with van der Waals surface area (Å²) < 4.78 is 5.37. The normalized spacial score (nSPS) is 29.1. The first-order valence-corrected chi connectivity index (χ1v) is 6.37. The van der Waals surface area contributed by atoms with Crippen molar-refractivity contribution >= 4 is 6.29 Å². The molecular weight excluding hydrogens is 202 g/mol. The summed E-state index contributed by atoms with van der Waals surface area (Å²) in [5, 5.41) is 0. The Kier molecular flexibility index (Phi) is 3.36. The van der Waals surface area contributed by atoms with E-state index in [0.717, 1.165) is 39.1 Å². The van der Waals surface area contributed by atoms with Crippen LogP contribution in [0.3, 0.4) is 0 Å². The number of hydrogen-bond acceptors (Lipinski definition) is 3. The van der Waals surface area contributed by atoms with Gasteiger partial charge in [0.05, 0.1) is 0 Å². The van der Waals surface area contributed by atoms with E-state index in [1.54, 1.807) is 0 Å². The molecule has 16 heavy (non-hydrogen) atoms. The van der Waals surface area contributed by atoms with Gasteiger partial charge in [-0.1, -0.05) is 0 Å². The summed E-state index contributed by atoms with van der Waals surface area (Å²) in [4.78, 5) is 13.9. The minimum Gasteiger partial charge on any atom is -0.381 e. The third kappa shape index (κ3) is 2.30. The van der Waals surface area contributed by atoms with E-state index in [1.165, 1.54) is 19.1 Å². The first-order chi connectivity index (χ1) is 7.58. The molecule has 0 unspecified atom stereocenters. The highest BCUT2D eigenvalue weighted by Gasteiger charge is 2.40. The number of carbonyl (C=O) groups excluding carboxylic acids is 1. The molecule has 0 aromatic rings. The van der Waals surface area contributed by atoms with Crippen molar-refractivity contribution in [3.8, 4) is 0 Å². The summed E-state index contributed by atoms with van der Waals surface area (Å²) in [5.41, 5.74) is 0.133. The summed E-state index contributed by atoms with van der Waals surface area (Å²) in [5.74, 6) is 0. The van der Waals surface area contributed by atoms with Crippen molar-refractivity contribution in [3.63, 3.8) is 0 Å². The summed E-state index contributed by atoms with van der Waals surface area (Å²) in [6.07, 6.45) is 5.48. The smallest absolute Gasteiger partial charge is 0.127 e. The van der Waals surface area contributed by atoms with E-state index in [0.29, 0.717) is 0 Å². The van der Waals surface area contributed by atoms with Crippen LogP contribution in [0.2, 0.25) is 0 Å². The van der Waals surface area contributed by atoms with Gasteiger partial charge in [-0.2, -0.15) is 0 Å². The number of rotatable bonds is 3. The summed E-state index contributed by atoms with van der Waals surface area (Å²) >= 11 is 0. The van der Waals surface area contributed by atoms with Crippen LogP contribution < -0.4 is 0 Å². The summed E-state index contributed by atoms with van der Waals surface area (Å²) in [7, 11) is 0. The second kappa shape index (κ2) is 4.46. The Morgan fingerprint density at radius 1 is 1.25 bits per heavy atom. The zero-order valence-corrected chi connectivity index (χ0v) is 10.5. The number of carbonyl (C=O) groups is 1.